The van der Waals surface area contributed by atoms with Crippen molar-refractivity contribution in [2.24, 2.45) is 5.92 Å². The van der Waals surface area contributed by atoms with Crippen molar-refractivity contribution in [1.29, 1.82) is 0 Å². The summed E-state index contributed by atoms with van der Waals surface area (Å²) in [5, 5.41) is 6.19. The lowest BCUT2D eigenvalue weighted by atomic mass is 9.83. The van der Waals surface area contributed by atoms with Gasteiger partial charge in [0.05, 0.1) is 11.8 Å². The Morgan fingerprint density at radius 2 is 1.60 bits per heavy atom. The molecule has 0 spiro atoms. The molecule has 1 amide bonds. The van der Waals surface area contributed by atoms with Gasteiger partial charge < -0.3 is 15.0 Å². The van der Waals surface area contributed by atoms with Crippen molar-refractivity contribution in [3.63, 3.8) is 0 Å². The first kappa shape index (κ1) is 28.2. The number of amides is 1. The Hall–Kier alpha value is -4.92. The van der Waals surface area contributed by atoms with Crippen molar-refractivity contribution in [3.05, 3.63) is 125 Å². The molecule has 0 unspecified atom stereocenters. The molecule has 7 nitrogen and oxygen atoms in total. The Kier molecular flexibility index (Phi) is 8.22. The number of pyridine rings is 2. The van der Waals surface area contributed by atoms with Gasteiger partial charge in [-0.05, 0) is 79.5 Å². The number of hydrogen-bond donors (Lipinski definition) is 2. The number of nitrogens with zero attached hydrogens (tertiary/aromatic N) is 3. The van der Waals surface area contributed by atoms with Crippen LogP contribution in [0.5, 0.6) is 0 Å². The molecule has 1 aliphatic rings. The zero-order valence-corrected chi connectivity index (χ0v) is 23.5. The maximum atomic E-state index is 14.2. The molecule has 0 bridgehead atoms. The molecule has 6 rings (SSSR count). The van der Waals surface area contributed by atoms with Gasteiger partial charge in [0.1, 0.15) is 28.8 Å². The molecule has 43 heavy (non-hydrogen) atoms. The third-order valence-corrected chi connectivity index (χ3v) is 7.92. The average molecular weight is 580 g/mol. The molecule has 3 aromatic heterocycles. The first-order valence-electron chi connectivity index (χ1n) is 14.4. The molecule has 0 atom stereocenters. The number of benzene rings is 2. The van der Waals surface area contributed by atoms with Gasteiger partial charge >= 0.3 is 0 Å². The summed E-state index contributed by atoms with van der Waals surface area (Å²) >= 11 is 0. The number of imidazole rings is 1. The van der Waals surface area contributed by atoms with Crippen molar-refractivity contribution in [1.82, 2.24) is 19.7 Å². The maximum Gasteiger partial charge on any atom is 0.255 e. The number of hydrogen-bond acceptors (Lipinski definition) is 5. The molecule has 5 aromatic rings. The van der Waals surface area contributed by atoms with Gasteiger partial charge in [0.25, 0.3) is 5.91 Å². The number of aromatic nitrogens is 3. The molecule has 0 saturated heterocycles. The molecule has 2 aromatic carbocycles. The maximum absolute atomic E-state index is 14.2. The zero-order valence-electron chi connectivity index (χ0n) is 23.5. The molecule has 218 valence electrons. The highest BCUT2D eigenvalue weighted by Crippen LogP contribution is 2.29. The summed E-state index contributed by atoms with van der Waals surface area (Å²) in [4.78, 5) is 34.6. The van der Waals surface area contributed by atoms with E-state index in [9.17, 15) is 18.4 Å². The van der Waals surface area contributed by atoms with Crippen LogP contribution in [0.1, 0.15) is 64.1 Å². The molecule has 1 fully saturated rings. The lowest BCUT2D eigenvalue weighted by molar-refractivity contribution is 0.0895. The number of carbonyl (C=O) groups excluding carboxylic acids is 2. The van der Waals surface area contributed by atoms with Crippen LogP contribution in [-0.4, -0.2) is 32.1 Å². The topological polar surface area (TPSA) is 88.4 Å². The van der Waals surface area contributed by atoms with Crippen LogP contribution in [0.4, 0.5) is 20.3 Å². The van der Waals surface area contributed by atoms with Crippen LogP contribution in [-0.2, 0) is 6.42 Å². The molecule has 3 heterocycles. The minimum Gasteiger partial charge on any atom is -0.349 e. The van der Waals surface area contributed by atoms with Gasteiger partial charge in [-0.1, -0.05) is 42.5 Å². The largest absolute Gasteiger partial charge is 0.349 e. The molecular formula is C34H31F2N5O2. The Morgan fingerprint density at radius 1 is 0.860 bits per heavy atom. The van der Waals surface area contributed by atoms with E-state index in [1.165, 1.54) is 34.4 Å². The first-order valence-corrected chi connectivity index (χ1v) is 14.4. The molecule has 2 N–H and O–H groups in total. The van der Waals surface area contributed by atoms with Crippen molar-refractivity contribution in [3.8, 4) is 0 Å². The lowest BCUT2D eigenvalue weighted by Gasteiger charge is -2.28. The summed E-state index contributed by atoms with van der Waals surface area (Å²) in [6.07, 6.45) is 8.03. The fourth-order valence-corrected chi connectivity index (χ4v) is 5.63. The highest BCUT2D eigenvalue weighted by Gasteiger charge is 2.26. The van der Waals surface area contributed by atoms with Crippen molar-refractivity contribution in [2.45, 2.75) is 44.6 Å². The van der Waals surface area contributed by atoms with Gasteiger partial charge in [0.15, 0.2) is 5.78 Å². The second-order valence-electron chi connectivity index (χ2n) is 11.1. The van der Waals surface area contributed by atoms with Crippen LogP contribution in [0.2, 0.25) is 0 Å². The van der Waals surface area contributed by atoms with E-state index in [2.05, 4.69) is 32.7 Å². The van der Waals surface area contributed by atoms with E-state index in [-0.39, 0.29) is 29.1 Å². The summed E-state index contributed by atoms with van der Waals surface area (Å²) in [6.45, 7) is 0. The summed E-state index contributed by atoms with van der Waals surface area (Å²) < 4.78 is 29.2. The Labute approximate surface area is 248 Å². The molecule has 1 saturated carbocycles. The van der Waals surface area contributed by atoms with E-state index in [0.29, 0.717) is 30.6 Å². The van der Waals surface area contributed by atoms with Gasteiger partial charge in [-0.25, -0.2) is 18.7 Å². The standard InChI is InChI=1S/C34H31F2N5O2/c35-25-10-15-32-40-30(21-41(32)20-25)31(42)17-24-8-13-28(14-9-24)39-34(43)29-18-26(36)19-37-33(29)38-27-11-6-23(7-12-27)16-22-4-2-1-3-5-22/h1-7,10-12,15,18-21,24,28H,8-9,13-14,16-17H2,(H,37,38)(H,39,43). The third-order valence-electron chi connectivity index (χ3n) is 7.92. The SMILES string of the molecule is O=C(CC1CCC(NC(=O)c2cc(F)cnc2Nc2ccc(Cc3ccccc3)cc2)CC1)c1cn2cc(F)ccc2n1. The van der Waals surface area contributed by atoms with Crippen molar-refractivity contribution >= 4 is 28.8 Å². The third kappa shape index (κ3) is 6.94. The van der Waals surface area contributed by atoms with Crippen LogP contribution >= 0.6 is 0 Å². The second-order valence-corrected chi connectivity index (χ2v) is 11.1. The Morgan fingerprint density at radius 3 is 2.37 bits per heavy atom. The number of rotatable bonds is 9. The van der Waals surface area contributed by atoms with Crippen LogP contribution in [0.25, 0.3) is 5.65 Å². The molecule has 0 aliphatic heterocycles. The van der Waals surface area contributed by atoms with Gasteiger partial charge in [-0.15, -0.1) is 0 Å². The van der Waals surface area contributed by atoms with Gasteiger partial charge in [-0.3, -0.25) is 9.59 Å². The van der Waals surface area contributed by atoms with E-state index >= 15 is 0 Å². The van der Waals surface area contributed by atoms with Gasteiger partial charge in [0.2, 0.25) is 0 Å². The minimum absolute atomic E-state index is 0.0776. The van der Waals surface area contributed by atoms with E-state index in [0.717, 1.165) is 36.7 Å². The highest BCUT2D eigenvalue weighted by molar-refractivity contribution is 5.99. The summed E-state index contributed by atoms with van der Waals surface area (Å²) in [6, 6.07) is 22.0. The van der Waals surface area contributed by atoms with E-state index in [4.69, 9.17) is 0 Å². The van der Waals surface area contributed by atoms with E-state index < -0.39 is 17.5 Å². The quantitative estimate of drug-likeness (QED) is 0.186. The Bertz CT molecular complexity index is 1750. The molecular weight excluding hydrogens is 548 g/mol. The minimum atomic E-state index is -0.592. The number of fused-ring (bicyclic) bond motifs is 1. The van der Waals surface area contributed by atoms with E-state index in [1.54, 1.807) is 6.20 Å². The van der Waals surface area contributed by atoms with Gasteiger partial charge in [0, 0.05) is 30.5 Å². The first-order chi connectivity index (χ1) is 20.9. The van der Waals surface area contributed by atoms with Crippen molar-refractivity contribution in [2.75, 3.05) is 5.32 Å². The number of nitrogens with one attached hydrogen (secondary N) is 2. The normalized spacial score (nSPS) is 16.6. The van der Waals surface area contributed by atoms with Crippen LogP contribution in [0.15, 0.2) is 91.4 Å². The van der Waals surface area contributed by atoms with Crippen LogP contribution in [0, 0.1) is 17.6 Å². The Balaban J connectivity index is 1.04. The zero-order chi connectivity index (χ0) is 29.8. The average Bonchev–Trinajstić information content (AvgIpc) is 3.44. The van der Waals surface area contributed by atoms with Gasteiger partial charge in [-0.2, -0.15) is 0 Å². The summed E-state index contributed by atoms with van der Waals surface area (Å²) in [5.41, 5.74) is 4.09. The predicted molar refractivity (Wildman–Crippen MR) is 160 cm³/mol. The molecule has 9 heteroatoms. The number of carbonyl (C=O) groups is 2. The number of halogens is 2. The smallest absolute Gasteiger partial charge is 0.255 e. The van der Waals surface area contributed by atoms with Crippen LogP contribution in [0.3, 0.4) is 0 Å². The van der Waals surface area contributed by atoms with Crippen LogP contribution < -0.4 is 10.6 Å². The fourth-order valence-electron chi connectivity index (χ4n) is 5.63. The second kappa shape index (κ2) is 12.5. The predicted octanol–water partition coefficient (Wildman–Crippen LogP) is 6.90. The number of Topliss-reactive ketones (excluding diaryl/α,β-unsaturated/α-hetero) is 1. The molecule has 1 aliphatic carbocycles. The summed E-state index contributed by atoms with van der Waals surface area (Å²) in [5.74, 6) is -1.01. The monoisotopic (exact) mass is 579 g/mol. The number of ketones is 1. The number of anilines is 2. The fraction of sp³-hybridized carbons (Fsp3) is 0.235. The molecule has 0 radical (unpaired) electrons. The highest BCUT2D eigenvalue weighted by atomic mass is 19.1. The van der Waals surface area contributed by atoms with Crippen molar-refractivity contribution < 1.29 is 18.4 Å². The van der Waals surface area contributed by atoms with E-state index in [1.807, 2.05) is 42.5 Å². The lowest BCUT2D eigenvalue weighted by Crippen LogP contribution is -2.38. The summed E-state index contributed by atoms with van der Waals surface area (Å²) in [7, 11) is 0.